The molecule has 268 valence electrons. The van der Waals surface area contributed by atoms with E-state index < -0.39 is 66.6 Å². The summed E-state index contributed by atoms with van der Waals surface area (Å²) in [5.41, 5.74) is -10.5. The molecule has 1 aliphatic heterocycles. The van der Waals surface area contributed by atoms with Crippen LogP contribution in [0.3, 0.4) is 0 Å². The average Bonchev–Trinajstić information content (AvgIpc) is 3.45. The molecule has 49 heavy (non-hydrogen) atoms. The van der Waals surface area contributed by atoms with Crippen LogP contribution in [0.2, 0.25) is 0 Å². The minimum atomic E-state index is -6.36. The molecular formula is C34H36F7NO6S. The molecular weight excluding hydrogens is 683 g/mol. The lowest BCUT2D eigenvalue weighted by Crippen LogP contribution is -2.57. The van der Waals surface area contributed by atoms with Crippen LogP contribution in [0.5, 0.6) is 0 Å². The molecule has 4 fully saturated rings. The van der Waals surface area contributed by atoms with Gasteiger partial charge >= 0.3 is 24.0 Å². The summed E-state index contributed by atoms with van der Waals surface area (Å²) in [5, 5.41) is 20.2. The maximum atomic E-state index is 15.2. The van der Waals surface area contributed by atoms with Crippen molar-refractivity contribution in [2.75, 3.05) is 6.54 Å². The fourth-order valence-corrected chi connectivity index (χ4v) is 11.2. The summed E-state index contributed by atoms with van der Waals surface area (Å²) in [5.74, 6) is -1.27. The molecule has 15 heteroatoms. The third-order valence-corrected chi connectivity index (χ3v) is 14.4. The Kier molecular flexibility index (Phi) is 7.92. The molecule has 1 heterocycles. The highest BCUT2D eigenvalue weighted by Crippen LogP contribution is 2.61. The monoisotopic (exact) mass is 719 g/mol. The molecule has 2 N–H and O–H groups in total. The predicted octanol–water partition coefficient (Wildman–Crippen LogP) is 6.84. The Labute approximate surface area is 278 Å². The van der Waals surface area contributed by atoms with Crippen LogP contribution in [-0.2, 0) is 41.9 Å². The number of sulfone groups is 1. The number of alkyl halides is 7. The van der Waals surface area contributed by atoms with E-state index in [0.29, 0.717) is 17.7 Å². The zero-order valence-electron chi connectivity index (χ0n) is 26.7. The number of aryl methyl sites for hydroxylation is 1. The summed E-state index contributed by atoms with van der Waals surface area (Å²) in [6.07, 6.45) is -11.7. The SMILES string of the molecule is CC(C)(O)c1ccc(S(=O)(=O)C23CCN(C(=O)C45CCC(C(=O)O)(CC4)CC5)C2CCc2cc(C(F)(C(F)(F)F)C(F)(F)F)ccc23)cc1. The summed E-state index contributed by atoms with van der Waals surface area (Å²) in [4.78, 5) is 27.7. The van der Waals surface area contributed by atoms with Gasteiger partial charge in [-0.3, -0.25) is 9.59 Å². The number of benzene rings is 2. The first-order chi connectivity index (χ1) is 22.5. The number of carboxylic acids is 1. The van der Waals surface area contributed by atoms with E-state index in [1.54, 1.807) is 0 Å². The van der Waals surface area contributed by atoms with E-state index in [4.69, 9.17) is 0 Å². The molecule has 0 aromatic heterocycles. The molecule has 2 unspecified atom stereocenters. The molecule has 7 rings (SSSR count). The van der Waals surface area contributed by atoms with Crippen LogP contribution in [0.15, 0.2) is 47.4 Å². The number of carboxylic acid groups (broad SMARTS) is 1. The van der Waals surface area contributed by atoms with Gasteiger partial charge in [0.25, 0.3) is 0 Å². The normalized spacial score (nSPS) is 29.0. The van der Waals surface area contributed by atoms with Gasteiger partial charge in [-0.15, -0.1) is 0 Å². The van der Waals surface area contributed by atoms with E-state index in [1.165, 1.54) is 43.0 Å². The summed E-state index contributed by atoms with van der Waals surface area (Å²) in [7, 11) is -4.57. The molecule has 2 atom stereocenters. The zero-order valence-corrected chi connectivity index (χ0v) is 27.5. The molecule has 2 aromatic carbocycles. The highest BCUT2D eigenvalue weighted by molar-refractivity contribution is 7.92. The fourth-order valence-electron chi connectivity index (χ4n) is 8.86. The number of aliphatic hydroxyl groups is 1. The Morgan fingerprint density at radius 3 is 1.80 bits per heavy atom. The highest BCUT2D eigenvalue weighted by atomic mass is 32.2. The zero-order chi connectivity index (χ0) is 36.2. The first-order valence-corrected chi connectivity index (χ1v) is 17.5. The Hall–Kier alpha value is -3.20. The number of halogens is 7. The van der Waals surface area contributed by atoms with Gasteiger partial charge in [-0.25, -0.2) is 12.8 Å². The summed E-state index contributed by atoms with van der Waals surface area (Å²) in [6, 6.07) is 5.82. The molecule has 4 aliphatic carbocycles. The Morgan fingerprint density at radius 1 is 0.796 bits per heavy atom. The minimum absolute atomic E-state index is 0.0876. The van der Waals surface area contributed by atoms with Gasteiger partial charge in [0.15, 0.2) is 9.84 Å². The maximum Gasteiger partial charge on any atom is 0.435 e. The lowest BCUT2D eigenvalue weighted by Gasteiger charge is -2.52. The van der Waals surface area contributed by atoms with Crippen LogP contribution < -0.4 is 0 Å². The Morgan fingerprint density at radius 2 is 1.31 bits per heavy atom. The molecule has 7 nitrogen and oxygen atoms in total. The summed E-state index contributed by atoms with van der Waals surface area (Å²) in [6.45, 7) is 2.89. The van der Waals surface area contributed by atoms with Crippen molar-refractivity contribution in [1.82, 2.24) is 4.90 Å². The van der Waals surface area contributed by atoms with Crippen molar-refractivity contribution in [2.24, 2.45) is 10.8 Å². The van der Waals surface area contributed by atoms with Gasteiger partial charge in [0.05, 0.1) is 22.0 Å². The number of likely N-dealkylation sites (tertiary alicyclic amines) is 1. The topological polar surface area (TPSA) is 112 Å². The fraction of sp³-hybridized carbons (Fsp3) is 0.588. The van der Waals surface area contributed by atoms with Crippen molar-refractivity contribution in [2.45, 2.75) is 111 Å². The number of nitrogens with zero attached hydrogens (tertiary/aromatic N) is 1. The second-order valence-corrected chi connectivity index (χ2v) is 16.9. The second-order valence-electron chi connectivity index (χ2n) is 14.7. The van der Waals surface area contributed by atoms with Crippen molar-refractivity contribution in [3.8, 4) is 0 Å². The molecule has 1 amide bonds. The third kappa shape index (κ3) is 4.95. The largest absolute Gasteiger partial charge is 0.481 e. The molecule has 0 radical (unpaired) electrons. The van der Waals surface area contributed by atoms with Crippen molar-refractivity contribution in [1.29, 1.82) is 0 Å². The van der Waals surface area contributed by atoms with Gasteiger partial charge in [0, 0.05) is 17.5 Å². The van der Waals surface area contributed by atoms with E-state index in [0.717, 1.165) is 6.07 Å². The van der Waals surface area contributed by atoms with Gasteiger partial charge < -0.3 is 15.1 Å². The molecule has 2 aromatic rings. The molecule has 2 bridgehead atoms. The number of hydrogen-bond acceptors (Lipinski definition) is 5. The third-order valence-electron chi connectivity index (χ3n) is 11.8. The quantitative estimate of drug-likeness (QED) is 0.316. The summed E-state index contributed by atoms with van der Waals surface area (Å²) >= 11 is 0. The molecule has 3 saturated carbocycles. The standard InChI is InChI=1S/C34H36F7NO6S/c1-28(2,46)21-4-7-23(8-5-21)49(47,48)31-17-18-42(26(43)29-11-14-30(15-12-29,16-13-29)27(44)45)25(31)10-3-20-19-22(6-9-24(20)31)32(35,33(36,37)38)34(39,40)41/h4-9,19,25,46H,3,10-18H2,1-2H3,(H,44,45). The van der Waals surface area contributed by atoms with Crippen molar-refractivity contribution in [3.63, 3.8) is 0 Å². The van der Waals surface area contributed by atoms with E-state index in [1.807, 2.05) is 0 Å². The van der Waals surface area contributed by atoms with Crippen molar-refractivity contribution >= 4 is 21.7 Å². The molecule has 5 aliphatic rings. The lowest BCUT2D eigenvalue weighted by molar-refractivity contribution is -0.348. The summed E-state index contributed by atoms with van der Waals surface area (Å²) < 4.78 is 125. The van der Waals surface area contributed by atoms with Crippen LogP contribution in [0.25, 0.3) is 0 Å². The smallest absolute Gasteiger partial charge is 0.435 e. The van der Waals surface area contributed by atoms with Crippen molar-refractivity contribution in [3.05, 3.63) is 64.7 Å². The van der Waals surface area contributed by atoms with Gasteiger partial charge in [-0.2, -0.15) is 26.3 Å². The maximum absolute atomic E-state index is 15.2. The molecule has 0 spiro atoms. The van der Waals surface area contributed by atoms with Gasteiger partial charge in [0.1, 0.15) is 4.75 Å². The van der Waals surface area contributed by atoms with Crippen LogP contribution in [-0.4, -0.2) is 60.3 Å². The number of amides is 1. The predicted molar refractivity (Wildman–Crippen MR) is 161 cm³/mol. The van der Waals surface area contributed by atoms with Gasteiger partial charge in [-0.1, -0.05) is 30.3 Å². The number of hydrogen-bond donors (Lipinski definition) is 2. The minimum Gasteiger partial charge on any atom is -0.481 e. The van der Waals surface area contributed by atoms with Crippen LogP contribution in [0.1, 0.15) is 87.5 Å². The number of carbonyl (C=O) groups excluding carboxylic acids is 1. The first kappa shape index (κ1) is 35.6. The molecule has 1 saturated heterocycles. The highest BCUT2D eigenvalue weighted by Gasteiger charge is 2.74. The van der Waals surface area contributed by atoms with Gasteiger partial charge in [0.2, 0.25) is 5.91 Å². The number of fused-ring (bicyclic) bond motifs is 6. The van der Waals surface area contributed by atoms with E-state index >= 15 is 4.39 Å². The van der Waals surface area contributed by atoms with Gasteiger partial charge in [-0.05, 0) is 100 Å². The number of aliphatic carboxylic acids is 1. The number of rotatable bonds is 6. The van der Waals surface area contributed by atoms with Crippen molar-refractivity contribution < 1.29 is 59.0 Å². The Balaban J connectivity index is 1.48. The first-order valence-electron chi connectivity index (χ1n) is 16.1. The number of carbonyl (C=O) groups is 2. The van der Waals surface area contributed by atoms with Crippen LogP contribution in [0, 0.1) is 10.8 Å². The van der Waals surface area contributed by atoms with E-state index in [-0.39, 0.29) is 86.3 Å². The van der Waals surface area contributed by atoms with E-state index in [2.05, 4.69) is 0 Å². The van der Waals surface area contributed by atoms with E-state index in [9.17, 15) is 54.6 Å². The van der Waals surface area contributed by atoms with Crippen LogP contribution >= 0.6 is 0 Å². The second kappa shape index (κ2) is 10.9. The average molecular weight is 720 g/mol. The Bertz CT molecular complexity index is 1760. The lowest BCUT2D eigenvalue weighted by atomic mass is 9.53. The van der Waals surface area contributed by atoms with Crippen LogP contribution in [0.4, 0.5) is 30.7 Å².